The number of likely N-dealkylation sites (tertiary alicyclic amines) is 1. The molecule has 0 saturated carbocycles. The summed E-state index contributed by atoms with van der Waals surface area (Å²) in [5, 5.41) is 16.4. The lowest BCUT2D eigenvalue weighted by Crippen LogP contribution is -2.55. The number of amides is 1. The van der Waals surface area contributed by atoms with Gasteiger partial charge in [0.25, 0.3) is 0 Å². The average molecular weight is 646 g/mol. The highest BCUT2D eigenvalue weighted by atomic mass is 16.5. The lowest BCUT2D eigenvalue weighted by Gasteiger charge is -2.42. The van der Waals surface area contributed by atoms with E-state index in [4.69, 9.17) is 14.7 Å². The van der Waals surface area contributed by atoms with Gasteiger partial charge in [-0.2, -0.15) is 20.3 Å². The van der Waals surface area contributed by atoms with E-state index in [9.17, 15) is 10.1 Å². The Morgan fingerprint density at radius 1 is 1.06 bits per heavy atom. The summed E-state index contributed by atoms with van der Waals surface area (Å²) in [6, 6.07) is 15.8. The van der Waals surface area contributed by atoms with Crippen molar-refractivity contribution in [2.45, 2.75) is 51.2 Å². The molecule has 0 N–H and O–H groups in total. The van der Waals surface area contributed by atoms with Crippen LogP contribution < -0.4 is 14.5 Å². The van der Waals surface area contributed by atoms with E-state index in [1.807, 2.05) is 18.1 Å². The molecule has 0 radical (unpaired) electrons. The van der Waals surface area contributed by atoms with Gasteiger partial charge in [0, 0.05) is 73.7 Å². The van der Waals surface area contributed by atoms with E-state index >= 15 is 0 Å². The highest BCUT2D eigenvalue weighted by Gasteiger charge is 2.34. The predicted octanol–water partition coefficient (Wildman–Crippen LogP) is 4.35. The van der Waals surface area contributed by atoms with Gasteiger partial charge in [-0.05, 0) is 62.9 Å². The fourth-order valence-corrected chi connectivity index (χ4v) is 7.46. The molecule has 2 aromatic heterocycles. The number of aryl methyl sites for hydroxylation is 2. The molecule has 0 bridgehead atoms. The molecule has 2 atom stereocenters. The van der Waals surface area contributed by atoms with Gasteiger partial charge < -0.3 is 24.3 Å². The molecule has 3 aliphatic heterocycles. The lowest BCUT2D eigenvalue weighted by molar-refractivity contribution is -0.128. The Kier molecular flexibility index (Phi) is 9.00. The van der Waals surface area contributed by atoms with E-state index in [0.29, 0.717) is 44.8 Å². The maximum atomic E-state index is 13.3. The average Bonchev–Trinajstić information content (AvgIpc) is 3.72. The first-order valence-electron chi connectivity index (χ1n) is 16.9. The van der Waals surface area contributed by atoms with Gasteiger partial charge in [-0.25, -0.2) is 0 Å². The Morgan fingerprint density at radius 2 is 1.92 bits per heavy atom. The zero-order valence-electron chi connectivity index (χ0n) is 28.0. The van der Waals surface area contributed by atoms with Crippen molar-refractivity contribution in [2.75, 3.05) is 56.2 Å². The van der Waals surface area contributed by atoms with E-state index in [-0.39, 0.29) is 18.4 Å². The summed E-state index contributed by atoms with van der Waals surface area (Å²) in [5.74, 6) is 0.763. The molecule has 1 unspecified atom stereocenters. The number of rotatable bonds is 8. The monoisotopic (exact) mass is 645 g/mol. The van der Waals surface area contributed by atoms with Gasteiger partial charge >= 0.3 is 6.01 Å². The quantitative estimate of drug-likeness (QED) is 0.259. The van der Waals surface area contributed by atoms with E-state index < -0.39 is 0 Å². The number of aromatic nitrogens is 4. The zero-order chi connectivity index (χ0) is 33.2. The molecular formula is C37H43N9O2. The molecule has 2 saturated heterocycles. The third kappa shape index (κ3) is 6.45. The molecular weight excluding hydrogens is 602 g/mol. The molecule has 1 amide bonds. The molecule has 0 spiro atoms. The van der Waals surface area contributed by atoms with E-state index in [2.05, 4.69) is 76.2 Å². The number of piperazine rings is 1. The predicted molar refractivity (Wildman–Crippen MR) is 187 cm³/mol. The van der Waals surface area contributed by atoms with Crippen LogP contribution in [0.2, 0.25) is 0 Å². The summed E-state index contributed by atoms with van der Waals surface area (Å²) in [6.45, 7) is 6.89. The van der Waals surface area contributed by atoms with Gasteiger partial charge in [0.2, 0.25) is 5.91 Å². The molecule has 5 heterocycles. The standard InChI is InChI=1S/C37H43N9O2/c1-26-7-4-8-28-9-5-11-33(35(26)28)44-18-15-31-32(24-44)40-37(48-25-30-10-6-17-42(30)2)41-36(31)45-19-20-46(29(23-45)14-16-38)34(47)13-12-27-21-39-43(3)22-27/h4-5,7-9,11-13,21-22,29-30H,6,10,14-15,17-20,23-25H2,1-3H3/b13-12+/t29-,30?/m0/s1. The second-order valence-corrected chi connectivity index (χ2v) is 13.2. The number of carbonyl (C=O) groups excluding carboxylic acids is 1. The molecule has 48 heavy (non-hydrogen) atoms. The molecule has 3 aliphatic rings. The number of nitriles is 1. The number of hydrogen-bond acceptors (Lipinski definition) is 9. The van der Waals surface area contributed by atoms with Crippen molar-refractivity contribution in [2.24, 2.45) is 7.05 Å². The van der Waals surface area contributed by atoms with Gasteiger partial charge in [0.05, 0.1) is 37.0 Å². The van der Waals surface area contributed by atoms with Crippen molar-refractivity contribution in [1.82, 2.24) is 29.5 Å². The molecule has 248 valence electrons. The van der Waals surface area contributed by atoms with Crippen LogP contribution in [0.25, 0.3) is 16.8 Å². The first kappa shape index (κ1) is 31.6. The van der Waals surface area contributed by atoms with Crippen molar-refractivity contribution < 1.29 is 9.53 Å². The van der Waals surface area contributed by atoms with E-state index in [1.54, 1.807) is 23.0 Å². The Balaban J connectivity index is 1.17. The van der Waals surface area contributed by atoms with E-state index in [1.165, 1.54) is 28.4 Å². The molecule has 11 nitrogen and oxygen atoms in total. The van der Waals surface area contributed by atoms with Crippen molar-refractivity contribution in [1.29, 1.82) is 5.26 Å². The van der Waals surface area contributed by atoms with E-state index in [0.717, 1.165) is 48.6 Å². The number of carbonyl (C=O) groups is 1. The maximum Gasteiger partial charge on any atom is 0.318 e. The van der Waals surface area contributed by atoms with Gasteiger partial charge in [0.15, 0.2) is 0 Å². The first-order valence-corrected chi connectivity index (χ1v) is 16.9. The summed E-state index contributed by atoms with van der Waals surface area (Å²) in [5.41, 5.74) is 5.43. The molecule has 7 rings (SSSR count). The molecule has 2 aromatic carbocycles. The summed E-state index contributed by atoms with van der Waals surface area (Å²) in [4.78, 5) is 32.3. The maximum absolute atomic E-state index is 13.3. The topological polar surface area (TPSA) is 107 Å². The number of anilines is 2. The Hall–Kier alpha value is -4.95. The molecule has 4 aromatic rings. The van der Waals surface area contributed by atoms with Crippen LogP contribution in [-0.4, -0.2) is 93.9 Å². The zero-order valence-corrected chi connectivity index (χ0v) is 28.0. The van der Waals surface area contributed by atoms with Crippen molar-refractivity contribution in [3.05, 3.63) is 77.3 Å². The van der Waals surface area contributed by atoms with Crippen LogP contribution in [0.15, 0.2) is 54.9 Å². The Labute approximate surface area is 282 Å². The number of fused-ring (bicyclic) bond motifs is 2. The summed E-state index contributed by atoms with van der Waals surface area (Å²) in [6.07, 6.45) is 10.2. The number of likely N-dealkylation sites (N-methyl/N-ethyl adjacent to an activating group) is 1. The first-order chi connectivity index (χ1) is 23.4. The highest BCUT2D eigenvalue weighted by molar-refractivity contribution is 5.97. The van der Waals surface area contributed by atoms with Crippen LogP contribution in [-0.2, 0) is 24.8 Å². The fourth-order valence-electron chi connectivity index (χ4n) is 7.46. The Morgan fingerprint density at radius 3 is 2.69 bits per heavy atom. The summed E-state index contributed by atoms with van der Waals surface area (Å²) in [7, 11) is 3.99. The number of ether oxygens (including phenoxy) is 1. The third-order valence-corrected chi connectivity index (χ3v) is 10.1. The van der Waals surface area contributed by atoms with Gasteiger partial charge in [-0.15, -0.1) is 0 Å². The van der Waals surface area contributed by atoms with Gasteiger partial charge in [0.1, 0.15) is 12.4 Å². The second kappa shape index (κ2) is 13.6. The highest BCUT2D eigenvalue weighted by Crippen LogP contribution is 2.36. The second-order valence-electron chi connectivity index (χ2n) is 13.2. The lowest BCUT2D eigenvalue weighted by atomic mass is 9.99. The van der Waals surface area contributed by atoms with Crippen molar-refractivity contribution in [3.63, 3.8) is 0 Å². The number of benzene rings is 2. The largest absolute Gasteiger partial charge is 0.462 e. The van der Waals surface area contributed by atoms with Gasteiger partial charge in [-0.3, -0.25) is 9.48 Å². The smallest absolute Gasteiger partial charge is 0.318 e. The molecule has 0 aliphatic carbocycles. The molecule has 11 heteroatoms. The van der Waals surface area contributed by atoms with Crippen molar-refractivity contribution in [3.8, 4) is 12.1 Å². The van der Waals surface area contributed by atoms with Gasteiger partial charge in [-0.1, -0.05) is 30.3 Å². The van der Waals surface area contributed by atoms with Crippen LogP contribution in [0.5, 0.6) is 6.01 Å². The summed E-state index contributed by atoms with van der Waals surface area (Å²) < 4.78 is 8.06. The van der Waals surface area contributed by atoms with Crippen LogP contribution in [0, 0.1) is 18.3 Å². The third-order valence-electron chi connectivity index (χ3n) is 10.1. The summed E-state index contributed by atoms with van der Waals surface area (Å²) >= 11 is 0. The minimum atomic E-state index is -0.268. The van der Waals surface area contributed by atoms with Crippen LogP contribution in [0.3, 0.4) is 0 Å². The number of nitrogens with zero attached hydrogens (tertiary/aromatic N) is 9. The number of hydrogen-bond donors (Lipinski definition) is 0. The fraction of sp³-hybridized carbons (Fsp3) is 0.432. The van der Waals surface area contributed by atoms with Crippen LogP contribution >= 0.6 is 0 Å². The minimum absolute atomic E-state index is 0.103. The minimum Gasteiger partial charge on any atom is -0.462 e. The normalized spacial score (nSPS) is 20.0. The molecule has 2 fully saturated rings. The SMILES string of the molecule is Cc1cccc2cccc(N3CCc4c(nc(OCC5CCCN5C)nc4N4CCN(C(=O)/C=C/c5cnn(C)c5)[C@@H](CC#N)C4)C3)c12. The van der Waals surface area contributed by atoms with Crippen molar-refractivity contribution >= 4 is 34.3 Å². The van der Waals surface area contributed by atoms with Crippen LogP contribution in [0.4, 0.5) is 11.5 Å². The van der Waals surface area contributed by atoms with Crippen LogP contribution in [0.1, 0.15) is 41.6 Å². The Bertz CT molecular complexity index is 1870.